The van der Waals surface area contributed by atoms with E-state index in [1.807, 2.05) is 38.2 Å². The van der Waals surface area contributed by atoms with Crippen LogP contribution in [0.2, 0.25) is 0 Å². The molecule has 1 aromatic carbocycles. The van der Waals surface area contributed by atoms with Crippen molar-refractivity contribution in [1.29, 1.82) is 0 Å². The number of aliphatic hydroxyl groups is 1. The summed E-state index contributed by atoms with van der Waals surface area (Å²) in [6.07, 6.45) is -0.936. The molecule has 1 saturated heterocycles. The molecule has 1 aromatic heterocycles. The molecule has 0 amide bonds. The molecule has 1 fully saturated rings. The topological polar surface area (TPSA) is 45.8 Å². The number of aliphatic hydroxyl groups excluding tert-OH is 1. The van der Waals surface area contributed by atoms with Crippen LogP contribution in [0.15, 0.2) is 28.7 Å². The number of furan rings is 1. The maximum atomic E-state index is 10.4. The van der Waals surface area contributed by atoms with E-state index in [0.717, 1.165) is 29.6 Å². The Morgan fingerprint density at radius 1 is 1.42 bits per heavy atom. The Hall–Kier alpha value is -1.36. The minimum Gasteiger partial charge on any atom is -0.458 e. The van der Waals surface area contributed by atoms with Crippen LogP contribution in [0.4, 0.5) is 0 Å². The van der Waals surface area contributed by atoms with E-state index < -0.39 is 6.10 Å². The Bertz CT molecular complexity index is 578. The van der Waals surface area contributed by atoms with E-state index in [1.54, 1.807) is 0 Å². The van der Waals surface area contributed by atoms with Crippen molar-refractivity contribution in [1.82, 2.24) is 4.90 Å². The fourth-order valence-electron chi connectivity index (χ4n) is 2.56. The van der Waals surface area contributed by atoms with Gasteiger partial charge in [-0.15, -0.1) is 0 Å². The van der Waals surface area contributed by atoms with Crippen LogP contribution in [-0.4, -0.2) is 42.9 Å². The van der Waals surface area contributed by atoms with Gasteiger partial charge in [-0.1, -0.05) is 18.2 Å². The molecule has 4 heteroatoms. The zero-order valence-electron chi connectivity index (χ0n) is 11.3. The first-order valence-corrected chi connectivity index (χ1v) is 6.62. The summed E-state index contributed by atoms with van der Waals surface area (Å²) in [5.74, 6) is 0.588. The van der Waals surface area contributed by atoms with E-state index in [0.29, 0.717) is 12.4 Å². The molecule has 1 N–H and O–H groups in total. The summed E-state index contributed by atoms with van der Waals surface area (Å²) in [6, 6.07) is 7.90. The van der Waals surface area contributed by atoms with Crippen LogP contribution in [0.3, 0.4) is 0 Å². The van der Waals surface area contributed by atoms with Gasteiger partial charge in [0.25, 0.3) is 0 Å². The average Bonchev–Trinajstić information content (AvgIpc) is 2.83. The first-order valence-electron chi connectivity index (χ1n) is 6.62. The SMILES string of the molecule is Cc1cccc2cc(C(O)C3CN(C)CCO3)oc12. The quantitative estimate of drug-likeness (QED) is 0.899. The number of likely N-dealkylation sites (N-methyl/N-ethyl adjacent to an activating group) is 1. The number of benzene rings is 1. The van der Waals surface area contributed by atoms with Crippen molar-refractivity contribution in [3.8, 4) is 0 Å². The van der Waals surface area contributed by atoms with Crippen LogP contribution in [0.25, 0.3) is 11.0 Å². The molecule has 102 valence electrons. The molecule has 0 bridgehead atoms. The van der Waals surface area contributed by atoms with Gasteiger partial charge in [-0.2, -0.15) is 0 Å². The molecule has 2 unspecified atom stereocenters. The van der Waals surface area contributed by atoms with Gasteiger partial charge in [-0.05, 0) is 25.6 Å². The standard InChI is InChI=1S/C15H19NO3/c1-10-4-3-5-11-8-12(19-15(10)11)14(17)13-9-16(2)6-7-18-13/h3-5,8,13-14,17H,6-7,9H2,1-2H3. The number of morpholine rings is 1. The summed E-state index contributed by atoms with van der Waals surface area (Å²) in [6.45, 7) is 4.28. The fraction of sp³-hybridized carbons (Fsp3) is 0.467. The highest BCUT2D eigenvalue weighted by atomic mass is 16.5. The van der Waals surface area contributed by atoms with Crippen LogP contribution >= 0.6 is 0 Å². The van der Waals surface area contributed by atoms with Crippen molar-refractivity contribution < 1.29 is 14.3 Å². The molecule has 1 aliphatic heterocycles. The highest BCUT2D eigenvalue weighted by molar-refractivity contribution is 5.80. The molecule has 0 saturated carbocycles. The third kappa shape index (κ3) is 2.39. The van der Waals surface area contributed by atoms with Gasteiger partial charge in [0.15, 0.2) is 0 Å². The third-order valence-electron chi connectivity index (χ3n) is 3.70. The minimum atomic E-state index is -0.713. The Balaban J connectivity index is 1.88. The van der Waals surface area contributed by atoms with Gasteiger partial charge in [-0.3, -0.25) is 0 Å². The number of hydrogen-bond donors (Lipinski definition) is 1. The van der Waals surface area contributed by atoms with Crippen LogP contribution < -0.4 is 0 Å². The number of para-hydroxylation sites is 1. The molecular formula is C15H19NO3. The first kappa shape index (κ1) is 12.7. The smallest absolute Gasteiger partial charge is 0.139 e. The fourth-order valence-corrected chi connectivity index (χ4v) is 2.56. The maximum absolute atomic E-state index is 10.4. The van der Waals surface area contributed by atoms with Gasteiger partial charge in [-0.25, -0.2) is 0 Å². The highest BCUT2D eigenvalue weighted by Gasteiger charge is 2.28. The van der Waals surface area contributed by atoms with Crippen molar-refractivity contribution in [3.05, 3.63) is 35.6 Å². The molecule has 0 radical (unpaired) electrons. The van der Waals surface area contributed by atoms with Crippen LogP contribution in [0.5, 0.6) is 0 Å². The Labute approximate surface area is 112 Å². The molecular weight excluding hydrogens is 242 g/mol. The molecule has 2 atom stereocenters. The lowest BCUT2D eigenvalue weighted by Crippen LogP contribution is -2.42. The summed E-state index contributed by atoms with van der Waals surface area (Å²) in [7, 11) is 2.03. The molecule has 2 aromatic rings. The van der Waals surface area contributed by atoms with Gasteiger partial charge in [0, 0.05) is 18.5 Å². The predicted molar refractivity (Wildman–Crippen MR) is 73.1 cm³/mol. The highest BCUT2D eigenvalue weighted by Crippen LogP contribution is 2.29. The van der Waals surface area contributed by atoms with Crippen LogP contribution in [-0.2, 0) is 4.74 Å². The van der Waals surface area contributed by atoms with E-state index in [4.69, 9.17) is 9.15 Å². The number of fused-ring (bicyclic) bond motifs is 1. The van der Waals surface area contributed by atoms with E-state index in [1.165, 1.54) is 0 Å². The van der Waals surface area contributed by atoms with Crippen molar-refractivity contribution in [2.45, 2.75) is 19.1 Å². The molecule has 0 aliphatic carbocycles. The van der Waals surface area contributed by atoms with Gasteiger partial charge in [0.2, 0.25) is 0 Å². The molecule has 3 rings (SSSR count). The lowest BCUT2D eigenvalue weighted by atomic mass is 10.1. The number of hydrogen-bond acceptors (Lipinski definition) is 4. The van der Waals surface area contributed by atoms with Gasteiger partial charge < -0.3 is 19.2 Å². The van der Waals surface area contributed by atoms with E-state index in [2.05, 4.69) is 4.90 Å². The number of aryl methyl sites for hydroxylation is 1. The summed E-state index contributed by atoms with van der Waals surface area (Å²) in [5, 5.41) is 11.4. The van der Waals surface area contributed by atoms with Gasteiger partial charge >= 0.3 is 0 Å². The Kier molecular flexibility index (Phi) is 3.31. The summed E-state index contributed by atoms with van der Waals surface area (Å²) in [5.41, 5.74) is 1.93. The maximum Gasteiger partial charge on any atom is 0.139 e. The van der Waals surface area contributed by atoms with Gasteiger partial charge in [0.1, 0.15) is 23.6 Å². The number of nitrogens with zero attached hydrogens (tertiary/aromatic N) is 1. The Morgan fingerprint density at radius 3 is 3.00 bits per heavy atom. The average molecular weight is 261 g/mol. The Morgan fingerprint density at radius 2 is 2.26 bits per heavy atom. The number of ether oxygens (including phenoxy) is 1. The molecule has 19 heavy (non-hydrogen) atoms. The second-order valence-electron chi connectivity index (χ2n) is 5.26. The van der Waals surface area contributed by atoms with Crippen molar-refractivity contribution >= 4 is 11.0 Å². The summed E-state index contributed by atoms with van der Waals surface area (Å²) < 4.78 is 11.4. The largest absolute Gasteiger partial charge is 0.458 e. The second kappa shape index (κ2) is 4.96. The lowest BCUT2D eigenvalue weighted by molar-refractivity contribution is -0.0899. The van der Waals surface area contributed by atoms with E-state index in [-0.39, 0.29) is 6.10 Å². The zero-order valence-corrected chi connectivity index (χ0v) is 11.3. The lowest BCUT2D eigenvalue weighted by Gasteiger charge is -2.32. The van der Waals surface area contributed by atoms with Crippen molar-refractivity contribution in [2.75, 3.05) is 26.7 Å². The molecule has 4 nitrogen and oxygen atoms in total. The summed E-state index contributed by atoms with van der Waals surface area (Å²) >= 11 is 0. The second-order valence-corrected chi connectivity index (χ2v) is 5.26. The number of rotatable bonds is 2. The molecule has 0 spiro atoms. The molecule has 1 aliphatic rings. The van der Waals surface area contributed by atoms with Gasteiger partial charge in [0.05, 0.1) is 6.61 Å². The van der Waals surface area contributed by atoms with Crippen molar-refractivity contribution in [2.24, 2.45) is 0 Å². The van der Waals surface area contributed by atoms with Crippen molar-refractivity contribution in [3.63, 3.8) is 0 Å². The van der Waals surface area contributed by atoms with Crippen LogP contribution in [0.1, 0.15) is 17.4 Å². The molecule has 2 heterocycles. The normalized spacial score (nSPS) is 22.8. The zero-order chi connectivity index (χ0) is 13.4. The van der Waals surface area contributed by atoms with E-state index in [9.17, 15) is 5.11 Å². The van der Waals surface area contributed by atoms with E-state index >= 15 is 0 Å². The first-order chi connectivity index (χ1) is 9.15. The summed E-state index contributed by atoms with van der Waals surface area (Å²) in [4.78, 5) is 2.16. The van der Waals surface area contributed by atoms with Crippen LogP contribution in [0, 0.1) is 6.92 Å². The monoisotopic (exact) mass is 261 g/mol. The third-order valence-corrected chi connectivity index (χ3v) is 3.70. The predicted octanol–water partition coefficient (Wildman–Crippen LogP) is 2.11. The minimum absolute atomic E-state index is 0.223.